The molecule has 1 fully saturated rings. The number of ether oxygens (including phenoxy) is 1. The standard InChI is InChI=1S/C13H19FN2O.ClH/c1-17-12-3-2-10(14)8-11(12)13(15)9-4-6-16-7-5-9;/h2-3,8-9,13,16H,4-7,15H2,1H3;1H/t13-;/m1./s1. The molecule has 0 saturated carbocycles. The lowest BCUT2D eigenvalue weighted by molar-refractivity contribution is 0.313. The Morgan fingerprint density at radius 3 is 2.67 bits per heavy atom. The molecule has 1 saturated heterocycles. The monoisotopic (exact) mass is 274 g/mol. The molecular weight excluding hydrogens is 255 g/mol. The first-order chi connectivity index (χ1) is 8.22. The second kappa shape index (κ2) is 6.92. The number of halogens is 2. The number of benzene rings is 1. The number of hydrogen-bond acceptors (Lipinski definition) is 3. The predicted octanol–water partition coefficient (Wildman–Crippen LogP) is 2.26. The molecule has 1 aromatic rings. The maximum absolute atomic E-state index is 13.3. The maximum atomic E-state index is 13.3. The molecule has 0 aromatic heterocycles. The van der Waals surface area contributed by atoms with Crippen LogP contribution in [0.1, 0.15) is 24.4 Å². The smallest absolute Gasteiger partial charge is 0.123 e. The van der Waals surface area contributed by atoms with E-state index in [1.165, 1.54) is 12.1 Å². The van der Waals surface area contributed by atoms with Crippen molar-refractivity contribution in [3.8, 4) is 5.75 Å². The van der Waals surface area contributed by atoms with Gasteiger partial charge in [-0.1, -0.05) is 0 Å². The van der Waals surface area contributed by atoms with E-state index in [9.17, 15) is 4.39 Å². The molecule has 102 valence electrons. The van der Waals surface area contributed by atoms with Gasteiger partial charge in [-0.05, 0) is 50.0 Å². The zero-order valence-corrected chi connectivity index (χ0v) is 11.3. The number of hydrogen-bond donors (Lipinski definition) is 2. The first-order valence-electron chi connectivity index (χ1n) is 6.02. The number of nitrogens with one attached hydrogen (secondary N) is 1. The van der Waals surface area contributed by atoms with E-state index in [0.29, 0.717) is 11.7 Å². The molecule has 0 spiro atoms. The van der Waals surface area contributed by atoms with Crippen LogP contribution in [-0.4, -0.2) is 20.2 Å². The fourth-order valence-electron chi connectivity index (χ4n) is 2.42. The third-order valence-electron chi connectivity index (χ3n) is 3.44. The van der Waals surface area contributed by atoms with Crippen molar-refractivity contribution in [3.63, 3.8) is 0 Å². The van der Waals surface area contributed by atoms with Gasteiger partial charge in [0.25, 0.3) is 0 Å². The van der Waals surface area contributed by atoms with Crippen LogP contribution < -0.4 is 15.8 Å². The van der Waals surface area contributed by atoms with Crippen molar-refractivity contribution in [2.45, 2.75) is 18.9 Å². The first-order valence-corrected chi connectivity index (χ1v) is 6.02. The summed E-state index contributed by atoms with van der Waals surface area (Å²) in [6.07, 6.45) is 2.06. The molecule has 3 nitrogen and oxygen atoms in total. The van der Waals surface area contributed by atoms with Crippen LogP contribution in [0.25, 0.3) is 0 Å². The normalized spacial score (nSPS) is 17.9. The Morgan fingerprint density at radius 1 is 1.39 bits per heavy atom. The minimum Gasteiger partial charge on any atom is -0.496 e. The second-order valence-electron chi connectivity index (χ2n) is 4.50. The molecule has 1 heterocycles. The van der Waals surface area contributed by atoms with Crippen LogP contribution in [0.3, 0.4) is 0 Å². The van der Waals surface area contributed by atoms with Crippen molar-refractivity contribution in [1.82, 2.24) is 5.32 Å². The van der Waals surface area contributed by atoms with Gasteiger partial charge in [0.1, 0.15) is 11.6 Å². The van der Waals surface area contributed by atoms with Crippen molar-refractivity contribution in [2.24, 2.45) is 11.7 Å². The van der Waals surface area contributed by atoms with Gasteiger partial charge in [0.05, 0.1) is 7.11 Å². The Hall–Kier alpha value is -0.840. The van der Waals surface area contributed by atoms with Crippen molar-refractivity contribution in [2.75, 3.05) is 20.2 Å². The molecule has 5 heteroatoms. The minimum absolute atomic E-state index is 0. The predicted molar refractivity (Wildman–Crippen MR) is 72.7 cm³/mol. The van der Waals surface area contributed by atoms with Gasteiger partial charge in [0, 0.05) is 11.6 Å². The van der Waals surface area contributed by atoms with Gasteiger partial charge >= 0.3 is 0 Å². The van der Waals surface area contributed by atoms with Crippen LogP contribution in [0, 0.1) is 11.7 Å². The summed E-state index contributed by atoms with van der Waals surface area (Å²) in [4.78, 5) is 0. The van der Waals surface area contributed by atoms with Gasteiger partial charge < -0.3 is 15.8 Å². The van der Waals surface area contributed by atoms with Gasteiger partial charge in [-0.15, -0.1) is 12.4 Å². The minimum atomic E-state index is -0.259. The van der Waals surface area contributed by atoms with E-state index in [1.807, 2.05) is 0 Å². The Balaban J connectivity index is 0.00000162. The maximum Gasteiger partial charge on any atom is 0.123 e. The summed E-state index contributed by atoms with van der Waals surface area (Å²) in [7, 11) is 1.59. The van der Waals surface area contributed by atoms with Crippen molar-refractivity contribution >= 4 is 12.4 Å². The lowest BCUT2D eigenvalue weighted by atomic mass is 9.86. The molecule has 2 rings (SSSR count). The summed E-state index contributed by atoms with van der Waals surface area (Å²) in [5.74, 6) is 0.814. The summed E-state index contributed by atoms with van der Waals surface area (Å²) in [5, 5.41) is 3.30. The van der Waals surface area contributed by atoms with Crippen LogP contribution in [-0.2, 0) is 0 Å². The van der Waals surface area contributed by atoms with Crippen LogP contribution >= 0.6 is 12.4 Å². The molecule has 0 bridgehead atoms. The molecule has 0 unspecified atom stereocenters. The summed E-state index contributed by atoms with van der Waals surface area (Å²) < 4.78 is 18.5. The molecular formula is C13H20ClFN2O. The third-order valence-corrected chi connectivity index (χ3v) is 3.44. The molecule has 1 aliphatic rings. The Kier molecular flexibility index (Phi) is 5.85. The van der Waals surface area contributed by atoms with Crippen LogP contribution in [0.4, 0.5) is 4.39 Å². The van der Waals surface area contributed by atoms with Crippen LogP contribution in [0.15, 0.2) is 18.2 Å². The molecule has 3 N–H and O–H groups in total. The highest BCUT2D eigenvalue weighted by molar-refractivity contribution is 5.85. The van der Waals surface area contributed by atoms with E-state index in [-0.39, 0.29) is 24.3 Å². The van der Waals surface area contributed by atoms with E-state index in [1.54, 1.807) is 13.2 Å². The zero-order chi connectivity index (χ0) is 12.3. The Bertz CT molecular complexity index is 383. The van der Waals surface area contributed by atoms with Crippen molar-refractivity contribution < 1.29 is 9.13 Å². The van der Waals surface area contributed by atoms with Gasteiger partial charge in [0.15, 0.2) is 0 Å². The molecule has 18 heavy (non-hydrogen) atoms. The van der Waals surface area contributed by atoms with E-state index < -0.39 is 0 Å². The molecule has 1 aliphatic heterocycles. The Morgan fingerprint density at radius 2 is 2.06 bits per heavy atom. The summed E-state index contributed by atoms with van der Waals surface area (Å²) in [5.41, 5.74) is 7.02. The lowest BCUT2D eigenvalue weighted by Crippen LogP contribution is -2.34. The average molecular weight is 275 g/mol. The number of piperidine rings is 1. The second-order valence-corrected chi connectivity index (χ2v) is 4.50. The molecule has 0 radical (unpaired) electrons. The highest BCUT2D eigenvalue weighted by atomic mass is 35.5. The van der Waals surface area contributed by atoms with E-state index in [4.69, 9.17) is 10.5 Å². The number of rotatable bonds is 3. The van der Waals surface area contributed by atoms with Crippen LogP contribution in [0.5, 0.6) is 5.75 Å². The van der Waals surface area contributed by atoms with Gasteiger partial charge in [0.2, 0.25) is 0 Å². The molecule has 1 aromatic carbocycles. The Labute approximate surface area is 113 Å². The highest BCUT2D eigenvalue weighted by Gasteiger charge is 2.24. The summed E-state index contributed by atoms with van der Waals surface area (Å²) in [6, 6.07) is 4.39. The molecule has 0 aliphatic carbocycles. The highest BCUT2D eigenvalue weighted by Crippen LogP contribution is 2.32. The van der Waals surface area contributed by atoms with E-state index in [0.717, 1.165) is 31.5 Å². The van der Waals surface area contributed by atoms with Gasteiger partial charge in [-0.3, -0.25) is 0 Å². The largest absolute Gasteiger partial charge is 0.496 e. The average Bonchev–Trinajstić information content (AvgIpc) is 2.39. The number of methoxy groups -OCH3 is 1. The van der Waals surface area contributed by atoms with Crippen LogP contribution in [0.2, 0.25) is 0 Å². The zero-order valence-electron chi connectivity index (χ0n) is 10.5. The summed E-state index contributed by atoms with van der Waals surface area (Å²) in [6.45, 7) is 1.96. The SMILES string of the molecule is COc1ccc(F)cc1[C@H](N)C1CCNCC1.Cl. The van der Waals surface area contributed by atoms with Crippen molar-refractivity contribution in [3.05, 3.63) is 29.6 Å². The van der Waals surface area contributed by atoms with E-state index >= 15 is 0 Å². The number of nitrogens with two attached hydrogens (primary N) is 1. The van der Waals surface area contributed by atoms with Gasteiger partial charge in [-0.25, -0.2) is 4.39 Å². The molecule has 0 amide bonds. The topological polar surface area (TPSA) is 47.3 Å². The van der Waals surface area contributed by atoms with Crippen molar-refractivity contribution in [1.29, 1.82) is 0 Å². The fraction of sp³-hybridized carbons (Fsp3) is 0.538. The first kappa shape index (κ1) is 15.2. The summed E-state index contributed by atoms with van der Waals surface area (Å²) >= 11 is 0. The van der Waals surface area contributed by atoms with E-state index in [2.05, 4.69) is 5.32 Å². The fourth-order valence-corrected chi connectivity index (χ4v) is 2.42. The molecule has 1 atom stereocenters. The third kappa shape index (κ3) is 3.34. The quantitative estimate of drug-likeness (QED) is 0.889. The lowest BCUT2D eigenvalue weighted by Gasteiger charge is -2.29. The van der Waals surface area contributed by atoms with Gasteiger partial charge in [-0.2, -0.15) is 0 Å².